The van der Waals surface area contributed by atoms with Crippen LogP contribution in [0.2, 0.25) is 0 Å². The molecular weight excluding hydrogens is 272 g/mol. The molecule has 0 aromatic rings. The van der Waals surface area contributed by atoms with E-state index in [1.165, 1.54) is 6.92 Å². The summed E-state index contributed by atoms with van der Waals surface area (Å²) in [6.45, 7) is 4.96. The first-order valence-electron chi connectivity index (χ1n) is 6.07. The van der Waals surface area contributed by atoms with Crippen LogP contribution in [0.4, 0.5) is 0 Å². The van der Waals surface area contributed by atoms with E-state index in [2.05, 4.69) is 0 Å². The molecule has 1 saturated heterocycles. The van der Waals surface area contributed by atoms with Gasteiger partial charge >= 0.3 is 17.9 Å². The molecule has 0 aromatic carbocycles. The van der Waals surface area contributed by atoms with Crippen LogP contribution in [-0.2, 0) is 33.3 Å². The molecule has 114 valence electrons. The predicted molar refractivity (Wildman–Crippen MR) is 63.2 cm³/mol. The summed E-state index contributed by atoms with van der Waals surface area (Å²) in [5.41, 5.74) is 0. The van der Waals surface area contributed by atoms with Gasteiger partial charge in [-0.05, 0) is 6.92 Å². The van der Waals surface area contributed by atoms with Gasteiger partial charge in [-0.2, -0.15) is 0 Å². The van der Waals surface area contributed by atoms with Crippen LogP contribution in [0.25, 0.3) is 0 Å². The van der Waals surface area contributed by atoms with Gasteiger partial charge < -0.3 is 24.1 Å². The van der Waals surface area contributed by atoms with E-state index in [4.69, 9.17) is 18.9 Å². The Balaban J connectivity index is 3.00. The number of aliphatic hydroxyl groups excluding tert-OH is 1. The van der Waals surface area contributed by atoms with Gasteiger partial charge in [-0.3, -0.25) is 14.4 Å². The second-order valence-electron chi connectivity index (χ2n) is 4.46. The molecule has 5 atom stereocenters. The largest absolute Gasteiger partial charge is 0.455 e. The molecule has 0 saturated carbocycles. The van der Waals surface area contributed by atoms with Crippen LogP contribution < -0.4 is 0 Å². The Bertz CT molecular complexity index is 393. The smallest absolute Gasteiger partial charge is 0.305 e. The van der Waals surface area contributed by atoms with E-state index in [1.54, 1.807) is 0 Å². The van der Waals surface area contributed by atoms with Gasteiger partial charge in [0.15, 0.2) is 6.10 Å². The third kappa shape index (κ3) is 4.17. The first-order chi connectivity index (χ1) is 9.22. The fourth-order valence-corrected chi connectivity index (χ4v) is 1.89. The number of aliphatic hydroxyl groups is 1. The standard InChI is InChI=1S/C12H18O8/c1-5-9(16)10(18-6(2)13)11(19-7(3)14)12(17-5)20-8(4)15/h5,9-12,16H,1-4H3/t5-,9-,10+,11+,12?/m0/s1. The highest BCUT2D eigenvalue weighted by molar-refractivity contribution is 5.68. The molecule has 0 amide bonds. The Labute approximate surface area is 115 Å². The molecule has 1 unspecified atom stereocenters. The quantitative estimate of drug-likeness (QED) is 0.548. The number of hydrogen-bond acceptors (Lipinski definition) is 8. The second kappa shape index (κ2) is 6.67. The Morgan fingerprint density at radius 2 is 1.35 bits per heavy atom. The highest BCUT2D eigenvalue weighted by atomic mass is 16.7. The highest BCUT2D eigenvalue weighted by Crippen LogP contribution is 2.27. The third-order valence-electron chi connectivity index (χ3n) is 2.64. The van der Waals surface area contributed by atoms with Crippen molar-refractivity contribution >= 4 is 17.9 Å². The van der Waals surface area contributed by atoms with Gasteiger partial charge in [0.05, 0.1) is 6.10 Å². The zero-order valence-electron chi connectivity index (χ0n) is 11.7. The van der Waals surface area contributed by atoms with E-state index in [0.717, 1.165) is 20.8 Å². The maximum absolute atomic E-state index is 11.1. The normalized spacial score (nSPS) is 33.1. The third-order valence-corrected chi connectivity index (χ3v) is 2.64. The molecule has 20 heavy (non-hydrogen) atoms. The van der Waals surface area contributed by atoms with Crippen LogP contribution >= 0.6 is 0 Å². The molecule has 1 aliphatic heterocycles. The topological polar surface area (TPSA) is 108 Å². The zero-order chi connectivity index (χ0) is 15.4. The molecular formula is C12H18O8. The van der Waals surface area contributed by atoms with E-state index >= 15 is 0 Å². The summed E-state index contributed by atoms with van der Waals surface area (Å²) in [6.07, 6.45) is -5.64. The van der Waals surface area contributed by atoms with Crippen molar-refractivity contribution in [2.24, 2.45) is 0 Å². The summed E-state index contributed by atoms with van der Waals surface area (Å²) < 4.78 is 20.1. The lowest BCUT2D eigenvalue weighted by Gasteiger charge is -2.41. The monoisotopic (exact) mass is 290 g/mol. The lowest BCUT2D eigenvalue weighted by Crippen LogP contribution is -2.60. The lowest BCUT2D eigenvalue weighted by atomic mass is 9.99. The number of hydrogen-bond donors (Lipinski definition) is 1. The van der Waals surface area contributed by atoms with Crippen LogP contribution in [-0.4, -0.2) is 53.7 Å². The highest BCUT2D eigenvalue weighted by Gasteiger charge is 2.49. The van der Waals surface area contributed by atoms with E-state index in [1.807, 2.05) is 0 Å². The molecule has 1 heterocycles. The molecule has 8 nitrogen and oxygen atoms in total. The minimum atomic E-state index is -1.25. The summed E-state index contributed by atoms with van der Waals surface area (Å²) in [4.78, 5) is 33.3. The first-order valence-corrected chi connectivity index (χ1v) is 6.07. The number of carbonyl (C=O) groups is 3. The van der Waals surface area contributed by atoms with Gasteiger partial charge in [0.1, 0.15) is 6.10 Å². The molecule has 0 aliphatic carbocycles. The Hall–Kier alpha value is -1.67. The summed E-state index contributed by atoms with van der Waals surface area (Å²) in [5, 5.41) is 9.99. The average molecular weight is 290 g/mol. The fourth-order valence-electron chi connectivity index (χ4n) is 1.89. The van der Waals surface area contributed by atoms with Crippen LogP contribution in [0.5, 0.6) is 0 Å². The van der Waals surface area contributed by atoms with Crippen LogP contribution in [0.3, 0.4) is 0 Å². The van der Waals surface area contributed by atoms with Crippen molar-refractivity contribution in [2.75, 3.05) is 0 Å². The molecule has 1 fully saturated rings. The summed E-state index contributed by atoms with van der Waals surface area (Å²) >= 11 is 0. The van der Waals surface area contributed by atoms with Crippen molar-refractivity contribution in [3.8, 4) is 0 Å². The summed E-state index contributed by atoms with van der Waals surface area (Å²) in [5.74, 6) is -2.01. The van der Waals surface area contributed by atoms with Crippen molar-refractivity contribution in [3.05, 3.63) is 0 Å². The number of rotatable bonds is 3. The van der Waals surface area contributed by atoms with E-state index < -0.39 is 48.6 Å². The number of ether oxygens (including phenoxy) is 4. The van der Waals surface area contributed by atoms with E-state index in [0.29, 0.717) is 0 Å². The van der Waals surface area contributed by atoms with Crippen LogP contribution in [0, 0.1) is 0 Å². The molecule has 1 N–H and O–H groups in total. The predicted octanol–water partition coefficient (Wildman–Crippen LogP) is -0.481. The first kappa shape index (κ1) is 16.4. The number of esters is 3. The second-order valence-corrected chi connectivity index (χ2v) is 4.46. The van der Waals surface area contributed by atoms with Gasteiger partial charge in [0.25, 0.3) is 0 Å². The lowest BCUT2D eigenvalue weighted by molar-refractivity contribution is -0.290. The minimum Gasteiger partial charge on any atom is -0.455 e. The molecule has 0 bridgehead atoms. The fraction of sp³-hybridized carbons (Fsp3) is 0.750. The maximum atomic E-state index is 11.1. The molecule has 1 rings (SSSR count). The Morgan fingerprint density at radius 3 is 1.80 bits per heavy atom. The van der Waals surface area contributed by atoms with E-state index in [-0.39, 0.29) is 0 Å². The van der Waals surface area contributed by atoms with Gasteiger partial charge in [-0.15, -0.1) is 0 Å². The van der Waals surface area contributed by atoms with Crippen molar-refractivity contribution in [1.29, 1.82) is 0 Å². The van der Waals surface area contributed by atoms with Crippen molar-refractivity contribution in [2.45, 2.75) is 58.4 Å². The van der Waals surface area contributed by atoms with Gasteiger partial charge in [-0.1, -0.05) is 0 Å². The minimum absolute atomic E-state index is 0.655. The average Bonchev–Trinajstić information content (AvgIpc) is 2.28. The summed E-state index contributed by atoms with van der Waals surface area (Å²) in [7, 11) is 0. The molecule has 0 aromatic heterocycles. The molecule has 1 aliphatic rings. The molecule has 0 radical (unpaired) electrons. The Kier molecular flexibility index (Phi) is 5.46. The molecule has 8 heteroatoms. The van der Waals surface area contributed by atoms with Crippen molar-refractivity contribution < 1.29 is 38.4 Å². The molecule has 0 spiro atoms. The van der Waals surface area contributed by atoms with Crippen LogP contribution in [0.1, 0.15) is 27.7 Å². The van der Waals surface area contributed by atoms with Gasteiger partial charge in [0.2, 0.25) is 12.4 Å². The van der Waals surface area contributed by atoms with Crippen molar-refractivity contribution in [3.63, 3.8) is 0 Å². The zero-order valence-corrected chi connectivity index (χ0v) is 11.7. The summed E-state index contributed by atoms with van der Waals surface area (Å²) in [6, 6.07) is 0. The van der Waals surface area contributed by atoms with Crippen molar-refractivity contribution in [1.82, 2.24) is 0 Å². The number of carbonyl (C=O) groups excluding carboxylic acids is 3. The maximum Gasteiger partial charge on any atom is 0.305 e. The van der Waals surface area contributed by atoms with Gasteiger partial charge in [-0.25, -0.2) is 0 Å². The Morgan fingerprint density at radius 1 is 0.900 bits per heavy atom. The van der Waals surface area contributed by atoms with E-state index in [9.17, 15) is 19.5 Å². The SMILES string of the molecule is CC(=O)OC1O[C@@H](C)[C@H](O)[C@@H](OC(C)=O)[C@H]1OC(C)=O. The van der Waals surface area contributed by atoms with Crippen LogP contribution in [0.15, 0.2) is 0 Å². The van der Waals surface area contributed by atoms with Gasteiger partial charge in [0, 0.05) is 20.8 Å².